The van der Waals surface area contributed by atoms with Gasteiger partial charge in [-0.25, -0.2) is 15.0 Å². The summed E-state index contributed by atoms with van der Waals surface area (Å²) in [5, 5.41) is 19.2. The van der Waals surface area contributed by atoms with Gasteiger partial charge in [-0.1, -0.05) is 18.4 Å². The number of benzene rings is 1. The number of nitrogens with zero attached hydrogens (tertiary/aromatic N) is 7. The normalized spacial score (nSPS) is 20.5. The Kier molecular flexibility index (Phi) is 9.92. The number of aliphatic hydroxyl groups excluding tert-OH is 1. The van der Waals surface area contributed by atoms with Crippen molar-refractivity contribution in [2.75, 3.05) is 25.0 Å². The van der Waals surface area contributed by atoms with E-state index in [2.05, 4.69) is 47.0 Å². The maximum atomic E-state index is 14.4. The van der Waals surface area contributed by atoms with Gasteiger partial charge in [0, 0.05) is 35.8 Å². The average molecular weight is 714 g/mol. The Bertz CT molecular complexity index is 1880. The minimum Gasteiger partial charge on any atom is -0.387 e. The minimum atomic E-state index is -0.883. The summed E-state index contributed by atoms with van der Waals surface area (Å²) < 4.78 is 2.23. The molecule has 2 N–H and O–H groups in total. The number of carbonyl (C=O) groups is 2. The SMILES string of the molecule is C#C[C@@H]1[C@@H](CN2CCCCC2)C[C@@H](C(=O)Nc2nc(Br)ccc2C)N1C(=O)Cn1nc(C(C)O)c2cc(-c3cnc(C)nc3)cc(C)c21. The number of rotatable bonds is 8. The van der Waals surface area contributed by atoms with E-state index in [1.807, 2.05) is 45.0 Å². The van der Waals surface area contributed by atoms with Crippen LogP contribution in [0.2, 0.25) is 0 Å². The lowest BCUT2D eigenvalue weighted by Crippen LogP contribution is -2.49. The first-order valence-electron chi connectivity index (χ1n) is 16.5. The summed E-state index contributed by atoms with van der Waals surface area (Å²) >= 11 is 3.39. The summed E-state index contributed by atoms with van der Waals surface area (Å²) in [7, 11) is 0. The number of pyridine rings is 1. The summed E-state index contributed by atoms with van der Waals surface area (Å²) in [5.74, 6) is 3.28. The molecule has 4 atom stereocenters. The van der Waals surface area contributed by atoms with Crippen molar-refractivity contribution in [3.8, 4) is 23.5 Å². The molecule has 12 heteroatoms. The second-order valence-corrected chi connectivity index (χ2v) is 13.8. The number of nitrogens with one attached hydrogen (secondary N) is 1. The third kappa shape index (κ3) is 6.86. The van der Waals surface area contributed by atoms with Crippen LogP contribution in [0.1, 0.15) is 61.4 Å². The molecule has 5 heterocycles. The van der Waals surface area contributed by atoms with Gasteiger partial charge in [-0.15, -0.1) is 6.42 Å². The Morgan fingerprint density at radius 2 is 1.81 bits per heavy atom. The average Bonchev–Trinajstić information content (AvgIpc) is 3.62. The van der Waals surface area contributed by atoms with Crippen molar-refractivity contribution in [1.29, 1.82) is 0 Å². The van der Waals surface area contributed by atoms with Gasteiger partial charge in [-0.2, -0.15) is 5.10 Å². The highest BCUT2D eigenvalue weighted by molar-refractivity contribution is 9.10. The number of halogens is 1. The lowest BCUT2D eigenvalue weighted by molar-refractivity contribution is -0.138. The van der Waals surface area contributed by atoms with E-state index in [4.69, 9.17) is 11.5 Å². The van der Waals surface area contributed by atoms with Gasteiger partial charge in [0.1, 0.15) is 28.8 Å². The number of aryl methyl sites for hydroxylation is 3. The van der Waals surface area contributed by atoms with Gasteiger partial charge in [0.25, 0.3) is 0 Å². The van der Waals surface area contributed by atoms with Crippen LogP contribution in [0.4, 0.5) is 5.82 Å². The molecule has 2 aliphatic rings. The van der Waals surface area contributed by atoms with Gasteiger partial charge in [-0.05, 0) is 111 Å². The van der Waals surface area contributed by atoms with E-state index >= 15 is 0 Å². The molecule has 1 unspecified atom stereocenters. The summed E-state index contributed by atoms with van der Waals surface area (Å²) in [6, 6.07) is 6.28. The number of amides is 2. The fourth-order valence-corrected chi connectivity index (χ4v) is 7.41. The molecule has 250 valence electrons. The van der Waals surface area contributed by atoms with Crippen molar-refractivity contribution in [2.24, 2.45) is 5.92 Å². The molecule has 2 aliphatic heterocycles. The number of hydrogen-bond donors (Lipinski definition) is 2. The van der Waals surface area contributed by atoms with Crippen molar-refractivity contribution >= 4 is 44.5 Å². The molecule has 4 aromatic rings. The maximum absolute atomic E-state index is 14.4. The Morgan fingerprint density at radius 1 is 1.08 bits per heavy atom. The van der Waals surface area contributed by atoms with Crippen LogP contribution in [-0.4, -0.2) is 83.2 Å². The number of aliphatic hydroxyl groups is 1. The van der Waals surface area contributed by atoms with Crippen LogP contribution in [0, 0.1) is 39.0 Å². The van der Waals surface area contributed by atoms with Crippen molar-refractivity contribution < 1.29 is 14.7 Å². The van der Waals surface area contributed by atoms with E-state index in [-0.39, 0.29) is 24.3 Å². The topological polar surface area (TPSA) is 129 Å². The van der Waals surface area contributed by atoms with Crippen molar-refractivity contribution in [3.63, 3.8) is 0 Å². The Labute approximate surface area is 289 Å². The van der Waals surface area contributed by atoms with Crippen molar-refractivity contribution in [1.82, 2.24) is 34.5 Å². The van der Waals surface area contributed by atoms with Crippen LogP contribution in [-0.2, 0) is 16.1 Å². The van der Waals surface area contributed by atoms with Gasteiger partial charge in [0.05, 0.1) is 23.4 Å². The number of aromatic nitrogens is 5. The van der Waals surface area contributed by atoms with Gasteiger partial charge < -0.3 is 20.2 Å². The van der Waals surface area contributed by atoms with Crippen LogP contribution < -0.4 is 5.32 Å². The third-order valence-electron chi connectivity index (χ3n) is 9.47. The van der Waals surface area contributed by atoms with Crippen LogP contribution in [0.15, 0.2) is 41.3 Å². The number of fused-ring (bicyclic) bond motifs is 1. The van der Waals surface area contributed by atoms with E-state index in [0.717, 1.165) is 65.6 Å². The van der Waals surface area contributed by atoms with Crippen LogP contribution >= 0.6 is 15.9 Å². The fourth-order valence-electron chi connectivity index (χ4n) is 7.10. The molecule has 48 heavy (non-hydrogen) atoms. The van der Waals surface area contributed by atoms with E-state index in [1.165, 1.54) is 6.42 Å². The summed E-state index contributed by atoms with van der Waals surface area (Å²) in [6.45, 7) is 9.85. The van der Waals surface area contributed by atoms with Gasteiger partial charge in [0.15, 0.2) is 0 Å². The number of terminal acetylenes is 1. The van der Waals surface area contributed by atoms with Gasteiger partial charge >= 0.3 is 0 Å². The van der Waals surface area contributed by atoms with Crippen LogP contribution in [0.3, 0.4) is 0 Å². The van der Waals surface area contributed by atoms with Crippen molar-refractivity contribution in [3.05, 3.63) is 63.9 Å². The molecule has 0 bridgehead atoms. The van der Waals surface area contributed by atoms with Crippen molar-refractivity contribution in [2.45, 2.75) is 78.1 Å². The molecule has 0 saturated carbocycles. The first kappa shape index (κ1) is 33.7. The maximum Gasteiger partial charge on any atom is 0.248 e. The predicted octanol–water partition coefficient (Wildman–Crippen LogP) is 4.97. The lowest BCUT2D eigenvalue weighted by Gasteiger charge is -2.31. The highest BCUT2D eigenvalue weighted by atomic mass is 79.9. The quantitative estimate of drug-likeness (QED) is 0.194. The monoisotopic (exact) mass is 712 g/mol. The van der Waals surface area contributed by atoms with E-state index in [1.54, 1.807) is 28.9 Å². The first-order chi connectivity index (χ1) is 23.0. The first-order valence-corrected chi connectivity index (χ1v) is 17.2. The van der Waals surface area contributed by atoms with E-state index in [9.17, 15) is 14.7 Å². The largest absolute Gasteiger partial charge is 0.387 e. The zero-order chi connectivity index (χ0) is 34.1. The molecular weight excluding hydrogens is 672 g/mol. The zero-order valence-corrected chi connectivity index (χ0v) is 29.4. The highest BCUT2D eigenvalue weighted by Gasteiger charge is 2.47. The number of anilines is 1. The summed E-state index contributed by atoms with van der Waals surface area (Å²) in [6.07, 6.45) is 12.7. The molecule has 11 nitrogen and oxygen atoms in total. The molecule has 0 radical (unpaired) electrons. The third-order valence-corrected chi connectivity index (χ3v) is 9.92. The summed E-state index contributed by atoms with van der Waals surface area (Å²) in [4.78, 5) is 45.5. The number of likely N-dealkylation sites (tertiary alicyclic amines) is 2. The second-order valence-electron chi connectivity index (χ2n) is 13.0. The highest BCUT2D eigenvalue weighted by Crippen LogP contribution is 2.35. The predicted molar refractivity (Wildman–Crippen MR) is 188 cm³/mol. The smallest absolute Gasteiger partial charge is 0.248 e. The Hall–Kier alpha value is -4.18. The lowest BCUT2D eigenvalue weighted by atomic mass is 9.97. The van der Waals surface area contributed by atoms with Gasteiger partial charge in [-0.3, -0.25) is 14.3 Å². The number of hydrogen-bond acceptors (Lipinski definition) is 8. The molecule has 0 spiro atoms. The van der Waals surface area contributed by atoms with Crippen LogP contribution in [0.25, 0.3) is 22.0 Å². The van der Waals surface area contributed by atoms with E-state index < -0.39 is 18.2 Å². The molecule has 2 fully saturated rings. The molecule has 3 aromatic heterocycles. The Balaban J connectivity index is 1.35. The molecular formula is C36H41BrN8O3. The van der Waals surface area contributed by atoms with Gasteiger partial charge in [0.2, 0.25) is 11.8 Å². The minimum absolute atomic E-state index is 0.0761. The molecule has 1 aromatic carbocycles. The fraction of sp³-hybridized carbons (Fsp3) is 0.444. The van der Waals surface area contributed by atoms with Crippen LogP contribution in [0.5, 0.6) is 0 Å². The number of carbonyl (C=O) groups excluding carboxylic acids is 2. The molecule has 2 amide bonds. The Morgan fingerprint density at radius 3 is 2.50 bits per heavy atom. The molecule has 2 saturated heterocycles. The summed E-state index contributed by atoms with van der Waals surface area (Å²) in [5.41, 5.74) is 4.59. The molecule has 0 aliphatic carbocycles. The molecule has 6 rings (SSSR count). The standard InChI is InChI=1S/C36H41BrN8O3/c1-6-29-26(19-43-12-8-7-9-13-43)16-30(36(48)41-35-21(2)10-11-31(37)40-35)45(29)32(47)20-44-34-22(3)14-25(27-17-38-24(5)39-18-27)15-28(34)33(42-44)23(4)46/h1,10-11,14-15,17-18,23,26,29-30,46H,7-9,12-13,16,19-20H2,2-5H3,(H,40,41,48)/t23?,26-,29-,30+/m1/s1. The zero-order valence-electron chi connectivity index (χ0n) is 27.8. The number of piperidine rings is 1. The second kappa shape index (κ2) is 14.1. The van der Waals surface area contributed by atoms with E-state index in [0.29, 0.717) is 28.4 Å².